The number of rotatable bonds is 6. The third kappa shape index (κ3) is 3.58. The Balaban J connectivity index is 1.99. The van der Waals surface area contributed by atoms with E-state index in [1.165, 1.54) is 16.9 Å². The van der Waals surface area contributed by atoms with E-state index in [9.17, 15) is 4.79 Å². The van der Waals surface area contributed by atoms with Gasteiger partial charge in [-0.15, -0.1) is 11.3 Å². The van der Waals surface area contributed by atoms with Crippen LogP contribution in [0.3, 0.4) is 0 Å². The quantitative estimate of drug-likeness (QED) is 0.876. The lowest BCUT2D eigenvalue weighted by Gasteiger charge is -2.05. The van der Waals surface area contributed by atoms with E-state index in [2.05, 4.69) is 0 Å². The minimum atomic E-state index is -0.917. The minimum Gasteiger partial charge on any atom is -0.491 e. The molecule has 1 N–H and O–H groups in total. The van der Waals surface area contributed by atoms with Crippen LogP contribution in [0, 0.1) is 0 Å². The Morgan fingerprint density at radius 2 is 2.05 bits per heavy atom. The number of hydrogen-bond donors (Lipinski definition) is 1. The van der Waals surface area contributed by atoms with E-state index in [0.29, 0.717) is 17.2 Å². The maximum atomic E-state index is 11.1. The molecule has 0 amide bonds. The van der Waals surface area contributed by atoms with Crippen molar-refractivity contribution in [3.8, 4) is 5.75 Å². The molecule has 0 saturated carbocycles. The Morgan fingerprint density at radius 1 is 1.32 bits per heavy atom. The molecule has 4 heteroatoms. The van der Waals surface area contributed by atoms with Gasteiger partial charge in [0.1, 0.15) is 5.75 Å². The molecule has 0 spiro atoms. The zero-order valence-corrected chi connectivity index (χ0v) is 11.6. The number of aromatic carboxylic acids is 1. The van der Waals surface area contributed by atoms with Crippen molar-refractivity contribution in [2.24, 2.45) is 0 Å². The van der Waals surface area contributed by atoms with Crippen LogP contribution in [0.2, 0.25) is 0 Å². The Hall–Kier alpha value is -1.81. The average Bonchev–Trinajstić information content (AvgIpc) is 2.83. The summed E-state index contributed by atoms with van der Waals surface area (Å²) in [5, 5.41) is 9.12. The second-order valence-corrected chi connectivity index (χ2v) is 5.29. The van der Waals surface area contributed by atoms with E-state index < -0.39 is 5.97 Å². The lowest BCUT2D eigenvalue weighted by atomic mass is 10.2. The van der Waals surface area contributed by atoms with Gasteiger partial charge in [-0.3, -0.25) is 0 Å². The van der Waals surface area contributed by atoms with Gasteiger partial charge in [0.2, 0.25) is 0 Å². The SMILES string of the molecule is CCc1cc(OCCc2ccccc2)c(C(=O)O)s1. The third-order valence-corrected chi connectivity index (χ3v) is 4.03. The van der Waals surface area contributed by atoms with Gasteiger partial charge < -0.3 is 9.84 Å². The molecule has 0 saturated heterocycles. The number of carbonyl (C=O) groups is 1. The zero-order chi connectivity index (χ0) is 13.7. The van der Waals surface area contributed by atoms with Crippen LogP contribution >= 0.6 is 11.3 Å². The first-order valence-corrected chi connectivity index (χ1v) is 7.05. The van der Waals surface area contributed by atoms with Crippen LogP contribution in [0.4, 0.5) is 0 Å². The molecule has 1 aromatic carbocycles. The van der Waals surface area contributed by atoms with E-state index >= 15 is 0 Å². The summed E-state index contributed by atoms with van der Waals surface area (Å²) in [5.41, 5.74) is 1.19. The molecule has 3 nitrogen and oxygen atoms in total. The predicted molar refractivity (Wildman–Crippen MR) is 76.3 cm³/mol. The summed E-state index contributed by atoms with van der Waals surface area (Å²) in [6.45, 7) is 2.50. The second kappa shape index (κ2) is 6.38. The second-order valence-electron chi connectivity index (χ2n) is 4.15. The summed E-state index contributed by atoms with van der Waals surface area (Å²) in [7, 11) is 0. The van der Waals surface area contributed by atoms with Gasteiger partial charge in [-0.05, 0) is 18.1 Å². The van der Waals surface area contributed by atoms with E-state index in [4.69, 9.17) is 9.84 Å². The molecule has 1 aromatic heterocycles. The number of thiophene rings is 1. The minimum absolute atomic E-state index is 0.296. The Morgan fingerprint density at radius 3 is 2.68 bits per heavy atom. The van der Waals surface area contributed by atoms with E-state index in [1.807, 2.05) is 43.3 Å². The van der Waals surface area contributed by atoms with Crippen molar-refractivity contribution in [2.75, 3.05) is 6.61 Å². The molecule has 0 atom stereocenters. The van der Waals surface area contributed by atoms with Crippen molar-refractivity contribution in [3.05, 3.63) is 51.7 Å². The molecule has 2 rings (SSSR count). The fraction of sp³-hybridized carbons (Fsp3) is 0.267. The highest BCUT2D eigenvalue weighted by molar-refractivity contribution is 7.14. The van der Waals surface area contributed by atoms with Crippen molar-refractivity contribution in [1.82, 2.24) is 0 Å². The van der Waals surface area contributed by atoms with E-state index in [1.54, 1.807) is 0 Å². The van der Waals surface area contributed by atoms with E-state index in [0.717, 1.165) is 17.7 Å². The largest absolute Gasteiger partial charge is 0.491 e. The summed E-state index contributed by atoms with van der Waals surface area (Å²) in [5.74, 6) is -0.426. The molecular formula is C15H16O3S. The van der Waals surface area contributed by atoms with Gasteiger partial charge in [0.05, 0.1) is 6.61 Å². The van der Waals surface area contributed by atoms with Crippen molar-refractivity contribution < 1.29 is 14.6 Å². The Labute approximate surface area is 116 Å². The van der Waals surface area contributed by atoms with Crippen LogP contribution < -0.4 is 4.74 Å². The fourth-order valence-electron chi connectivity index (χ4n) is 1.78. The number of ether oxygens (including phenoxy) is 1. The maximum Gasteiger partial charge on any atom is 0.349 e. The summed E-state index contributed by atoms with van der Waals surface area (Å²) in [6, 6.07) is 11.8. The lowest BCUT2D eigenvalue weighted by Crippen LogP contribution is -2.03. The first kappa shape index (κ1) is 13.6. The Kier molecular flexibility index (Phi) is 4.58. The molecule has 1 heterocycles. The molecular weight excluding hydrogens is 260 g/mol. The summed E-state index contributed by atoms with van der Waals surface area (Å²) in [6.07, 6.45) is 1.60. The maximum absolute atomic E-state index is 11.1. The topological polar surface area (TPSA) is 46.5 Å². The van der Waals surface area contributed by atoms with Gasteiger partial charge in [0, 0.05) is 11.3 Å². The van der Waals surface area contributed by atoms with Crippen LogP contribution in [0.15, 0.2) is 36.4 Å². The van der Waals surface area contributed by atoms with Gasteiger partial charge >= 0.3 is 5.97 Å². The molecule has 100 valence electrons. The van der Waals surface area contributed by atoms with E-state index in [-0.39, 0.29) is 0 Å². The number of benzene rings is 1. The summed E-state index contributed by atoms with van der Waals surface area (Å²) in [4.78, 5) is 12.4. The van der Waals surface area contributed by atoms with Crippen molar-refractivity contribution in [3.63, 3.8) is 0 Å². The number of carboxylic acids is 1. The normalized spacial score (nSPS) is 10.4. The van der Waals surface area contributed by atoms with Crippen molar-refractivity contribution in [2.45, 2.75) is 19.8 Å². The molecule has 19 heavy (non-hydrogen) atoms. The zero-order valence-electron chi connectivity index (χ0n) is 10.8. The van der Waals surface area contributed by atoms with Gasteiger partial charge in [-0.1, -0.05) is 37.3 Å². The molecule has 0 radical (unpaired) electrons. The third-order valence-electron chi connectivity index (χ3n) is 2.78. The standard InChI is InChI=1S/C15H16O3S/c1-2-12-10-13(14(19-12)15(16)17)18-9-8-11-6-4-3-5-7-11/h3-7,10H,2,8-9H2,1H3,(H,16,17). The average molecular weight is 276 g/mol. The first-order chi connectivity index (χ1) is 9.20. The Bertz CT molecular complexity index is 546. The van der Waals surface area contributed by atoms with Crippen LogP contribution in [0.5, 0.6) is 5.75 Å². The van der Waals surface area contributed by atoms with Gasteiger partial charge in [-0.2, -0.15) is 0 Å². The summed E-state index contributed by atoms with van der Waals surface area (Å²) >= 11 is 1.29. The van der Waals surface area contributed by atoms with Gasteiger partial charge in [0.25, 0.3) is 0 Å². The van der Waals surface area contributed by atoms with Crippen LogP contribution in [0.25, 0.3) is 0 Å². The van der Waals surface area contributed by atoms with Crippen LogP contribution in [0.1, 0.15) is 27.0 Å². The molecule has 0 fully saturated rings. The molecule has 0 aliphatic carbocycles. The van der Waals surface area contributed by atoms with Crippen LogP contribution in [-0.2, 0) is 12.8 Å². The van der Waals surface area contributed by atoms with Gasteiger partial charge in [0.15, 0.2) is 4.88 Å². The van der Waals surface area contributed by atoms with Crippen LogP contribution in [-0.4, -0.2) is 17.7 Å². The molecule has 0 bridgehead atoms. The number of carboxylic acid groups (broad SMARTS) is 1. The van der Waals surface area contributed by atoms with Gasteiger partial charge in [-0.25, -0.2) is 4.79 Å². The molecule has 0 unspecified atom stereocenters. The predicted octanol–water partition coefficient (Wildman–Crippen LogP) is 3.63. The summed E-state index contributed by atoms with van der Waals surface area (Å²) < 4.78 is 5.61. The number of aryl methyl sites for hydroxylation is 1. The van der Waals surface area contributed by atoms with Crippen molar-refractivity contribution >= 4 is 17.3 Å². The van der Waals surface area contributed by atoms with Crippen molar-refractivity contribution in [1.29, 1.82) is 0 Å². The lowest BCUT2D eigenvalue weighted by molar-refractivity contribution is 0.0698. The molecule has 0 aliphatic heterocycles. The molecule has 2 aromatic rings. The number of hydrogen-bond acceptors (Lipinski definition) is 3. The fourth-order valence-corrected chi connectivity index (χ4v) is 2.65. The first-order valence-electron chi connectivity index (χ1n) is 6.23. The highest BCUT2D eigenvalue weighted by Gasteiger charge is 2.15. The highest BCUT2D eigenvalue weighted by atomic mass is 32.1. The molecule has 0 aliphatic rings. The smallest absolute Gasteiger partial charge is 0.349 e. The monoisotopic (exact) mass is 276 g/mol. The highest BCUT2D eigenvalue weighted by Crippen LogP contribution is 2.29.